The van der Waals surface area contributed by atoms with Crippen LogP contribution in [-0.4, -0.2) is 58.1 Å². The molecular formula is C23H22BF2N4O3. The van der Waals surface area contributed by atoms with Crippen LogP contribution in [0.1, 0.15) is 12.0 Å². The molecule has 0 aliphatic carbocycles. The molecule has 0 spiro atoms. The molecule has 1 unspecified atom stereocenters. The third-order valence-electron chi connectivity index (χ3n) is 5.65. The SMILES string of the molecule is [B]=C1Oc2cc(F)c(-c3ccc(C[C@@H](C#N)NC(=O)C4CNCCCO4)c(F)c3)cc2N1C. The average Bonchev–Trinajstić information content (AvgIpc) is 2.98. The number of amides is 1. The molecule has 1 radical (unpaired) electrons. The number of nitriles is 1. The number of anilines is 1. The second-order valence-corrected chi connectivity index (χ2v) is 7.92. The molecule has 2 aliphatic heterocycles. The van der Waals surface area contributed by atoms with Crippen molar-refractivity contribution in [2.24, 2.45) is 0 Å². The molecule has 1 fully saturated rings. The van der Waals surface area contributed by atoms with E-state index in [1.165, 1.54) is 24.3 Å². The Balaban J connectivity index is 1.49. The van der Waals surface area contributed by atoms with E-state index in [1.54, 1.807) is 18.0 Å². The molecule has 1 saturated heterocycles. The van der Waals surface area contributed by atoms with Crippen molar-refractivity contribution in [1.29, 1.82) is 5.26 Å². The Bertz CT molecular complexity index is 1130. The zero-order valence-electron chi connectivity index (χ0n) is 18.0. The predicted octanol–water partition coefficient (Wildman–Crippen LogP) is 1.65. The van der Waals surface area contributed by atoms with Crippen molar-refractivity contribution in [3.8, 4) is 22.9 Å². The molecule has 2 aromatic rings. The average molecular weight is 451 g/mol. The van der Waals surface area contributed by atoms with Crippen molar-refractivity contribution in [2.75, 3.05) is 31.6 Å². The van der Waals surface area contributed by atoms with Gasteiger partial charge in [0.25, 0.3) is 5.91 Å². The van der Waals surface area contributed by atoms with Gasteiger partial charge in [-0.25, -0.2) is 0 Å². The second kappa shape index (κ2) is 9.69. The number of hydrogen-bond donors (Lipinski definition) is 2. The van der Waals surface area contributed by atoms with Crippen LogP contribution in [0.25, 0.3) is 11.1 Å². The summed E-state index contributed by atoms with van der Waals surface area (Å²) in [4.78, 5) is 14.0. The molecule has 2 N–H and O–H groups in total. The summed E-state index contributed by atoms with van der Waals surface area (Å²) in [6, 6.07) is 8.06. The van der Waals surface area contributed by atoms with Crippen LogP contribution in [-0.2, 0) is 16.0 Å². The van der Waals surface area contributed by atoms with Crippen LogP contribution >= 0.6 is 0 Å². The monoisotopic (exact) mass is 451 g/mol. The molecule has 2 aromatic carbocycles. The number of carbonyl (C=O) groups excluding carboxylic acids is 1. The maximum atomic E-state index is 14.9. The first-order valence-electron chi connectivity index (χ1n) is 10.6. The van der Waals surface area contributed by atoms with Crippen LogP contribution in [0.15, 0.2) is 30.3 Å². The van der Waals surface area contributed by atoms with E-state index in [-0.39, 0.29) is 29.1 Å². The van der Waals surface area contributed by atoms with Gasteiger partial charge in [-0.3, -0.25) is 4.79 Å². The predicted molar refractivity (Wildman–Crippen MR) is 120 cm³/mol. The van der Waals surface area contributed by atoms with E-state index in [9.17, 15) is 18.8 Å². The first-order chi connectivity index (χ1) is 15.9. The van der Waals surface area contributed by atoms with Crippen LogP contribution in [0.5, 0.6) is 5.75 Å². The Labute approximate surface area is 191 Å². The zero-order chi connectivity index (χ0) is 23.5. The van der Waals surface area contributed by atoms with Gasteiger partial charge in [-0.15, -0.1) is 0 Å². The summed E-state index contributed by atoms with van der Waals surface area (Å²) in [5.41, 5.74) is 1.30. The number of carbonyl (C=O) groups is 1. The fourth-order valence-electron chi connectivity index (χ4n) is 3.79. The molecule has 0 aromatic heterocycles. The fourth-order valence-corrected chi connectivity index (χ4v) is 3.79. The van der Waals surface area contributed by atoms with Crippen LogP contribution in [0.3, 0.4) is 0 Å². The number of benzene rings is 2. The van der Waals surface area contributed by atoms with Gasteiger partial charge < -0.3 is 10.1 Å². The molecule has 2 atom stereocenters. The van der Waals surface area contributed by atoms with Gasteiger partial charge in [0, 0.05) is 13.2 Å². The van der Waals surface area contributed by atoms with E-state index in [0.29, 0.717) is 24.4 Å². The fraction of sp³-hybridized carbons (Fsp3) is 0.348. The Morgan fingerprint density at radius 2 is 2.18 bits per heavy atom. The molecule has 4 rings (SSSR count). The van der Waals surface area contributed by atoms with Gasteiger partial charge in [0.15, 0.2) is 0 Å². The molecule has 7 nitrogen and oxygen atoms in total. The molecule has 169 valence electrons. The quantitative estimate of drug-likeness (QED) is 0.673. The summed E-state index contributed by atoms with van der Waals surface area (Å²) >= 11 is 0. The molecule has 0 bridgehead atoms. The topological polar surface area (TPSA) is 86.6 Å². The van der Waals surface area contributed by atoms with Crippen LogP contribution in [0.4, 0.5) is 14.5 Å². The summed E-state index contributed by atoms with van der Waals surface area (Å²) in [7, 11) is 7.41. The summed E-state index contributed by atoms with van der Waals surface area (Å²) in [5, 5.41) is 15.2. The van der Waals surface area contributed by atoms with E-state index in [2.05, 4.69) is 10.6 Å². The molecular weight excluding hydrogens is 429 g/mol. The number of hydrogen-bond acceptors (Lipinski definition) is 6. The van der Waals surface area contributed by atoms with Crippen LogP contribution < -0.4 is 20.3 Å². The summed E-state index contributed by atoms with van der Waals surface area (Å²) in [5.74, 6) is -1.20. The third-order valence-corrected chi connectivity index (χ3v) is 5.65. The Morgan fingerprint density at radius 1 is 1.36 bits per heavy atom. The summed E-state index contributed by atoms with van der Waals surface area (Å²) in [6.45, 7) is 1.55. The van der Waals surface area contributed by atoms with Crippen LogP contribution in [0, 0.1) is 23.0 Å². The van der Waals surface area contributed by atoms with Crippen molar-refractivity contribution in [3.05, 3.63) is 47.5 Å². The molecule has 0 saturated carbocycles. The normalized spacial score (nSPS) is 18.6. The minimum atomic E-state index is -0.939. The van der Waals surface area contributed by atoms with Gasteiger partial charge in [0.1, 0.15) is 6.10 Å². The number of nitrogens with zero attached hydrogens (tertiary/aromatic N) is 2. The number of ether oxygens (including phenoxy) is 2. The molecule has 2 aliphatic rings. The number of fused-ring (bicyclic) bond motifs is 1. The van der Waals surface area contributed by atoms with Crippen molar-refractivity contribution >= 4 is 24.9 Å². The summed E-state index contributed by atoms with van der Waals surface area (Å²) in [6.07, 6.45) is 0.0539. The number of halogens is 2. The Kier molecular flexibility index (Phi) is 6.72. The molecule has 33 heavy (non-hydrogen) atoms. The van der Waals surface area contributed by atoms with Gasteiger partial charge in [-0.05, 0) is 13.0 Å². The third kappa shape index (κ3) is 4.89. The van der Waals surface area contributed by atoms with Crippen molar-refractivity contribution in [3.63, 3.8) is 0 Å². The zero-order valence-corrected chi connectivity index (χ0v) is 18.0. The van der Waals surface area contributed by atoms with Gasteiger partial charge >= 0.3 is 133 Å². The molecule has 1 amide bonds. The second-order valence-electron chi connectivity index (χ2n) is 7.92. The molecule has 10 heteroatoms. The van der Waals surface area contributed by atoms with E-state index < -0.39 is 29.7 Å². The van der Waals surface area contributed by atoms with Gasteiger partial charge in [0.2, 0.25) is 0 Å². The Hall–Kier alpha value is -3.29. The van der Waals surface area contributed by atoms with Gasteiger partial charge in [0.05, 0.1) is 0 Å². The Morgan fingerprint density at radius 3 is 2.94 bits per heavy atom. The number of nitrogens with one attached hydrogen (secondary N) is 2. The van der Waals surface area contributed by atoms with E-state index in [0.717, 1.165) is 13.0 Å². The van der Waals surface area contributed by atoms with Crippen molar-refractivity contribution < 1.29 is 23.0 Å². The van der Waals surface area contributed by atoms with E-state index in [4.69, 9.17) is 17.0 Å². The van der Waals surface area contributed by atoms with Gasteiger partial charge in [-0.1, -0.05) is 0 Å². The standard InChI is InChI=1S/C23H22BF2N4O3/c1-30-19-9-16(18(26)10-20(19)33-23(30)24)13-3-4-14(17(25)8-13)7-15(11-27)29-22(31)21-12-28-5-2-6-32-21/h3-4,8-10,15,21,28H,2,5-7,12H2,1H3,(H,29,31)/t15-,21?/m0/s1. The molecule has 2 heterocycles. The first kappa shape index (κ1) is 22.9. The minimum absolute atomic E-state index is 0.0384. The van der Waals surface area contributed by atoms with Gasteiger partial charge in [-0.2, -0.15) is 5.26 Å². The number of rotatable bonds is 5. The van der Waals surface area contributed by atoms with E-state index >= 15 is 0 Å². The van der Waals surface area contributed by atoms with Crippen molar-refractivity contribution in [2.45, 2.75) is 25.0 Å². The first-order valence-corrected chi connectivity index (χ1v) is 10.6. The van der Waals surface area contributed by atoms with Crippen molar-refractivity contribution in [1.82, 2.24) is 10.6 Å². The van der Waals surface area contributed by atoms with Crippen LogP contribution in [0.2, 0.25) is 0 Å². The van der Waals surface area contributed by atoms with E-state index in [1.807, 2.05) is 6.07 Å². The summed E-state index contributed by atoms with van der Waals surface area (Å²) < 4.78 is 40.3. The maximum absolute atomic E-state index is 14.9.